The summed E-state index contributed by atoms with van der Waals surface area (Å²) < 4.78 is 0. The molecule has 2 aromatic rings. The molecule has 28 heavy (non-hydrogen) atoms. The summed E-state index contributed by atoms with van der Waals surface area (Å²) in [6.45, 7) is 20.7. The Kier molecular flexibility index (Phi) is 12.7. The third-order valence-electron chi connectivity index (χ3n) is 3.85. The van der Waals surface area contributed by atoms with Crippen LogP contribution in [-0.2, 0) is 6.42 Å². The minimum Gasteiger partial charge on any atom is -0.333 e. The number of nitrogens with zero attached hydrogens (tertiary/aromatic N) is 2. The van der Waals surface area contributed by atoms with E-state index in [1.54, 1.807) is 6.08 Å². The number of fused-ring (bicyclic) bond motifs is 1. The predicted octanol–water partition coefficient (Wildman–Crippen LogP) is 6.69. The quantitative estimate of drug-likeness (QED) is 0.544. The molecule has 0 aliphatic carbocycles. The summed E-state index contributed by atoms with van der Waals surface area (Å²) >= 11 is 0. The molecule has 0 saturated heterocycles. The fourth-order valence-electron chi connectivity index (χ4n) is 2.83. The van der Waals surface area contributed by atoms with E-state index in [4.69, 9.17) is 9.97 Å². The molecule has 1 heterocycles. The van der Waals surface area contributed by atoms with Crippen LogP contribution in [0.4, 0.5) is 0 Å². The van der Waals surface area contributed by atoms with Crippen molar-refractivity contribution in [1.29, 1.82) is 0 Å². The second-order valence-corrected chi connectivity index (χ2v) is 7.14. The molecule has 3 heteroatoms. The van der Waals surface area contributed by atoms with Crippen LogP contribution in [-0.4, -0.2) is 17.0 Å². The van der Waals surface area contributed by atoms with E-state index in [1.807, 2.05) is 19.9 Å². The molecule has 0 aliphatic rings. The number of nitrogens with two attached hydrogens (primary N) is 1. The van der Waals surface area contributed by atoms with Crippen LogP contribution in [0.25, 0.3) is 23.2 Å². The maximum absolute atomic E-state index is 4.85. The first-order valence-electron chi connectivity index (χ1n) is 10.3. The van der Waals surface area contributed by atoms with E-state index in [-0.39, 0.29) is 0 Å². The van der Waals surface area contributed by atoms with Crippen LogP contribution in [0.15, 0.2) is 43.0 Å². The van der Waals surface area contributed by atoms with E-state index < -0.39 is 0 Å². The van der Waals surface area contributed by atoms with E-state index in [1.165, 1.54) is 18.2 Å². The number of aromatic nitrogens is 2. The van der Waals surface area contributed by atoms with E-state index in [9.17, 15) is 0 Å². The van der Waals surface area contributed by atoms with Gasteiger partial charge in [-0.2, -0.15) is 0 Å². The van der Waals surface area contributed by atoms with E-state index in [0.717, 1.165) is 35.3 Å². The SMILES string of the molecule is C=C/C(=C\c1nc2cc(CC(C)C)ccc2nc1C=C)CC(C)C.CC.CN. The summed E-state index contributed by atoms with van der Waals surface area (Å²) in [5, 5.41) is 0. The molecule has 2 rings (SSSR count). The molecule has 0 unspecified atom stereocenters. The molecular formula is C25H39N3. The number of hydrogen-bond acceptors (Lipinski definition) is 3. The summed E-state index contributed by atoms with van der Waals surface area (Å²) in [7, 11) is 1.50. The number of rotatable bonds is 7. The molecular weight excluding hydrogens is 342 g/mol. The molecule has 0 amide bonds. The standard InChI is InChI=1S/C22H28N2.C2H6.CH5N/c1-7-17(11-15(3)4)13-21-19(8-2)23-20-10-9-18(12-16(5)6)14-22(20)24-21;2*1-2/h7-10,13-16H,1-2,11-12H2,3-6H3;1-2H3;2H2,1H3/b17-13+;;. The fourth-order valence-corrected chi connectivity index (χ4v) is 2.83. The monoisotopic (exact) mass is 381 g/mol. The summed E-state index contributed by atoms with van der Waals surface area (Å²) in [5.74, 6) is 1.20. The highest BCUT2D eigenvalue weighted by atomic mass is 14.8. The lowest BCUT2D eigenvalue weighted by molar-refractivity contribution is 0.647. The summed E-state index contributed by atoms with van der Waals surface area (Å²) in [5.41, 5.74) is 10.5. The van der Waals surface area contributed by atoms with Gasteiger partial charge in [0.05, 0.1) is 22.4 Å². The zero-order valence-corrected chi connectivity index (χ0v) is 18.9. The predicted molar refractivity (Wildman–Crippen MR) is 127 cm³/mol. The van der Waals surface area contributed by atoms with Gasteiger partial charge in [-0.3, -0.25) is 0 Å². The van der Waals surface area contributed by atoms with Gasteiger partial charge in [-0.15, -0.1) is 0 Å². The normalized spacial score (nSPS) is 10.9. The summed E-state index contributed by atoms with van der Waals surface area (Å²) in [6.07, 6.45) is 7.81. The third kappa shape index (κ3) is 8.18. The van der Waals surface area contributed by atoms with Crippen molar-refractivity contribution in [2.45, 2.75) is 54.4 Å². The Bertz CT molecular complexity index is 771. The second kappa shape index (κ2) is 13.8. The largest absolute Gasteiger partial charge is 0.333 e. The molecule has 0 bridgehead atoms. The first-order chi connectivity index (χ1) is 13.4. The summed E-state index contributed by atoms with van der Waals surface area (Å²) in [4.78, 5) is 9.57. The molecule has 154 valence electrons. The van der Waals surface area contributed by atoms with Gasteiger partial charge in [0.2, 0.25) is 0 Å². The first kappa shape index (κ1) is 25.7. The Morgan fingerprint density at radius 1 is 0.964 bits per heavy atom. The van der Waals surface area contributed by atoms with E-state index >= 15 is 0 Å². The average molecular weight is 382 g/mol. The van der Waals surface area contributed by atoms with Gasteiger partial charge in [0.1, 0.15) is 0 Å². The molecule has 0 atom stereocenters. The van der Waals surface area contributed by atoms with Gasteiger partial charge in [-0.1, -0.05) is 66.8 Å². The van der Waals surface area contributed by atoms with Gasteiger partial charge in [0.15, 0.2) is 0 Å². The van der Waals surface area contributed by atoms with Crippen LogP contribution in [0.1, 0.15) is 64.9 Å². The first-order valence-corrected chi connectivity index (χ1v) is 10.3. The molecule has 0 radical (unpaired) electrons. The highest BCUT2D eigenvalue weighted by Gasteiger charge is 2.08. The lowest BCUT2D eigenvalue weighted by Crippen LogP contribution is -1.98. The Labute approximate surface area is 172 Å². The molecule has 1 aromatic carbocycles. The highest BCUT2D eigenvalue weighted by Crippen LogP contribution is 2.21. The number of hydrogen-bond donors (Lipinski definition) is 1. The zero-order chi connectivity index (χ0) is 21.7. The van der Waals surface area contributed by atoms with Gasteiger partial charge < -0.3 is 5.73 Å². The second-order valence-electron chi connectivity index (χ2n) is 7.14. The molecule has 2 N–H and O–H groups in total. The molecule has 3 nitrogen and oxygen atoms in total. The van der Waals surface area contributed by atoms with Crippen molar-refractivity contribution in [3.8, 4) is 0 Å². The van der Waals surface area contributed by atoms with Crippen molar-refractivity contribution >= 4 is 23.2 Å². The van der Waals surface area contributed by atoms with Crippen LogP contribution >= 0.6 is 0 Å². The van der Waals surface area contributed by atoms with Gasteiger partial charge in [-0.05, 0) is 67.1 Å². The van der Waals surface area contributed by atoms with Crippen molar-refractivity contribution in [2.24, 2.45) is 17.6 Å². The smallest absolute Gasteiger partial charge is 0.0897 e. The number of benzene rings is 1. The van der Waals surface area contributed by atoms with Crippen molar-refractivity contribution in [3.63, 3.8) is 0 Å². The molecule has 1 aromatic heterocycles. The van der Waals surface area contributed by atoms with Gasteiger partial charge in [-0.25, -0.2) is 9.97 Å². The maximum Gasteiger partial charge on any atom is 0.0897 e. The Morgan fingerprint density at radius 3 is 2.07 bits per heavy atom. The maximum atomic E-state index is 4.85. The minimum atomic E-state index is 0.576. The topological polar surface area (TPSA) is 51.8 Å². The van der Waals surface area contributed by atoms with E-state index in [2.05, 4.69) is 70.9 Å². The fraction of sp³-hybridized carbons (Fsp3) is 0.440. The van der Waals surface area contributed by atoms with Crippen molar-refractivity contribution in [2.75, 3.05) is 7.05 Å². The van der Waals surface area contributed by atoms with Crippen LogP contribution < -0.4 is 5.73 Å². The Morgan fingerprint density at radius 2 is 1.57 bits per heavy atom. The Hall–Kier alpha value is -2.26. The van der Waals surface area contributed by atoms with Crippen LogP contribution in [0.5, 0.6) is 0 Å². The van der Waals surface area contributed by atoms with Crippen LogP contribution in [0.2, 0.25) is 0 Å². The molecule has 0 spiro atoms. The van der Waals surface area contributed by atoms with Crippen molar-refractivity contribution in [3.05, 3.63) is 60.0 Å². The van der Waals surface area contributed by atoms with Crippen LogP contribution in [0.3, 0.4) is 0 Å². The van der Waals surface area contributed by atoms with Crippen molar-refractivity contribution in [1.82, 2.24) is 9.97 Å². The lowest BCUT2D eigenvalue weighted by atomic mass is 10.0. The van der Waals surface area contributed by atoms with E-state index in [0.29, 0.717) is 11.8 Å². The number of allylic oxidation sites excluding steroid dienone is 2. The molecule has 0 saturated carbocycles. The average Bonchev–Trinajstić information content (AvgIpc) is 2.69. The van der Waals surface area contributed by atoms with Crippen molar-refractivity contribution < 1.29 is 0 Å². The Balaban J connectivity index is 0.00000171. The summed E-state index contributed by atoms with van der Waals surface area (Å²) in [6, 6.07) is 6.36. The van der Waals surface area contributed by atoms with Crippen LogP contribution in [0, 0.1) is 11.8 Å². The third-order valence-corrected chi connectivity index (χ3v) is 3.85. The lowest BCUT2D eigenvalue weighted by Gasteiger charge is -2.09. The highest BCUT2D eigenvalue weighted by molar-refractivity contribution is 5.79. The molecule has 0 aliphatic heterocycles. The minimum absolute atomic E-state index is 0.576. The van der Waals surface area contributed by atoms with Gasteiger partial charge in [0.25, 0.3) is 0 Å². The zero-order valence-electron chi connectivity index (χ0n) is 18.9. The van der Waals surface area contributed by atoms with Gasteiger partial charge in [0, 0.05) is 0 Å². The van der Waals surface area contributed by atoms with Gasteiger partial charge >= 0.3 is 0 Å². The molecule has 0 fully saturated rings.